The van der Waals surface area contributed by atoms with Crippen molar-refractivity contribution in [3.63, 3.8) is 0 Å². The van der Waals surface area contributed by atoms with Crippen molar-refractivity contribution in [3.05, 3.63) is 24.0 Å². The number of nitrogens with one attached hydrogen (secondary N) is 1. The van der Waals surface area contributed by atoms with E-state index < -0.39 is 0 Å². The third-order valence-electron chi connectivity index (χ3n) is 4.20. The van der Waals surface area contributed by atoms with E-state index in [9.17, 15) is 0 Å². The quantitative estimate of drug-likeness (QED) is 0.869. The molecule has 3 heteroatoms. The van der Waals surface area contributed by atoms with E-state index in [2.05, 4.69) is 35.6 Å². The van der Waals surface area contributed by atoms with Crippen LogP contribution in [-0.2, 0) is 0 Å². The molecule has 1 N–H and O–H groups in total. The summed E-state index contributed by atoms with van der Waals surface area (Å²) in [5.41, 5.74) is 1.29. The van der Waals surface area contributed by atoms with E-state index in [0.717, 1.165) is 11.8 Å². The molecule has 1 aliphatic carbocycles. The molecule has 0 bridgehead atoms. The van der Waals surface area contributed by atoms with Crippen LogP contribution in [0.15, 0.2) is 18.5 Å². The van der Waals surface area contributed by atoms with Crippen molar-refractivity contribution in [3.8, 4) is 0 Å². The molecule has 0 amide bonds. The summed E-state index contributed by atoms with van der Waals surface area (Å²) >= 11 is 0. The van der Waals surface area contributed by atoms with E-state index >= 15 is 0 Å². The maximum atomic E-state index is 4.01. The Balaban J connectivity index is 2.16. The highest BCUT2D eigenvalue weighted by molar-refractivity contribution is 5.13. The molecule has 94 valence electrons. The molecule has 1 saturated carbocycles. The lowest BCUT2D eigenvalue weighted by molar-refractivity contribution is 0.180. The Labute approximate surface area is 104 Å². The standard InChI is InChI=1S/C14H23N3/c1-3-11-6-4-5-7-13(11)14(15-2)12-8-9-16-17-10-12/h8-11,13-15H,3-7H2,1-2H3. The van der Waals surface area contributed by atoms with Crippen LogP contribution >= 0.6 is 0 Å². The third kappa shape index (κ3) is 2.83. The first-order chi connectivity index (χ1) is 8.36. The number of aromatic nitrogens is 2. The summed E-state index contributed by atoms with van der Waals surface area (Å²) in [6, 6.07) is 2.53. The summed E-state index contributed by atoms with van der Waals surface area (Å²) < 4.78 is 0. The fourth-order valence-corrected chi connectivity index (χ4v) is 3.29. The molecule has 1 aromatic heterocycles. The van der Waals surface area contributed by atoms with Gasteiger partial charge in [0.2, 0.25) is 0 Å². The van der Waals surface area contributed by atoms with E-state index in [1.165, 1.54) is 37.7 Å². The number of hydrogen-bond donors (Lipinski definition) is 1. The zero-order valence-electron chi connectivity index (χ0n) is 10.9. The van der Waals surface area contributed by atoms with E-state index in [4.69, 9.17) is 0 Å². The van der Waals surface area contributed by atoms with Gasteiger partial charge in [-0.25, -0.2) is 0 Å². The highest BCUT2D eigenvalue weighted by Gasteiger charge is 2.30. The summed E-state index contributed by atoms with van der Waals surface area (Å²) in [4.78, 5) is 0. The molecular formula is C14H23N3. The van der Waals surface area contributed by atoms with Gasteiger partial charge in [0.25, 0.3) is 0 Å². The largest absolute Gasteiger partial charge is 0.313 e. The van der Waals surface area contributed by atoms with Crippen LogP contribution in [0.2, 0.25) is 0 Å². The average Bonchev–Trinajstić information content (AvgIpc) is 2.41. The lowest BCUT2D eigenvalue weighted by Gasteiger charge is -2.36. The molecule has 0 spiro atoms. The Hall–Kier alpha value is -0.960. The highest BCUT2D eigenvalue weighted by Crippen LogP contribution is 2.39. The fourth-order valence-electron chi connectivity index (χ4n) is 3.29. The second-order valence-corrected chi connectivity index (χ2v) is 5.06. The minimum absolute atomic E-state index is 0.441. The molecule has 1 fully saturated rings. The molecule has 0 aliphatic heterocycles. The van der Waals surface area contributed by atoms with Crippen molar-refractivity contribution in [2.45, 2.75) is 45.1 Å². The third-order valence-corrected chi connectivity index (χ3v) is 4.20. The van der Waals surface area contributed by atoms with Crippen molar-refractivity contribution >= 4 is 0 Å². The minimum Gasteiger partial charge on any atom is -0.313 e. The van der Waals surface area contributed by atoms with Gasteiger partial charge in [-0.3, -0.25) is 0 Å². The molecule has 3 unspecified atom stereocenters. The van der Waals surface area contributed by atoms with Gasteiger partial charge in [0.15, 0.2) is 0 Å². The molecule has 17 heavy (non-hydrogen) atoms. The van der Waals surface area contributed by atoms with Crippen LogP contribution in [-0.4, -0.2) is 17.2 Å². The predicted molar refractivity (Wildman–Crippen MR) is 69.6 cm³/mol. The maximum Gasteiger partial charge on any atom is 0.0544 e. The molecule has 1 aromatic rings. The first-order valence-corrected chi connectivity index (χ1v) is 6.80. The first kappa shape index (κ1) is 12.5. The predicted octanol–water partition coefficient (Wildman–Crippen LogP) is 2.95. The van der Waals surface area contributed by atoms with Crippen molar-refractivity contribution in [1.82, 2.24) is 15.5 Å². The number of hydrogen-bond acceptors (Lipinski definition) is 3. The van der Waals surface area contributed by atoms with Gasteiger partial charge >= 0.3 is 0 Å². The van der Waals surface area contributed by atoms with Crippen LogP contribution in [0.3, 0.4) is 0 Å². The summed E-state index contributed by atoms with van der Waals surface area (Å²) in [7, 11) is 2.06. The van der Waals surface area contributed by atoms with Crippen LogP contribution in [0, 0.1) is 11.8 Å². The number of nitrogens with zero attached hydrogens (tertiary/aromatic N) is 2. The second-order valence-electron chi connectivity index (χ2n) is 5.06. The van der Waals surface area contributed by atoms with Crippen LogP contribution in [0.5, 0.6) is 0 Å². The second kappa shape index (κ2) is 6.10. The Morgan fingerprint density at radius 3 is 2.82 bits per heavy atom. The van der Waals surface area contributed by atoms with Gasteiger partial charge in [-0.1, -0.05) is 32.6 Å². The van der Waals surface area contributed by atoms with Crippen LogP contribution in [0.4, 0.5) is 0 Å². The molecule has 0 aromatic carbocycles. The molecule has 3 nitrogen and oxygen atoms in total. The summed E-state index contributed by atoms with van der Waals surface area (Å²) in [5.74, 6) is 1.61. The van der Waals surface area contributed by atoms with E-state index in [1.54, 1.807) is 6.20 Å². The van der Waals surface area contributed by atoms with Gasteiger partial charge in [0.05, 0.1) is 6.20 Å². The SMILES string of the molecule is CCC1CCCCC1C(NC)c1ccnnc1. The summed E-state index contributed by atoms with van der Waals surface area (Å²) in [5, 5.41) is 11.4. The van der Waals surface area contributed by atoms with Crippen molar-refractivity contribution in [2.75, 3.05) is 7.05 Å². The molecule has 1 aliphatic rings. The topological polar surface area (TPSA) is 37.8 Å². The molecule has 1 heterocycles. The van der Waals surface area contributed by atoms with Crippen LogP contribution in [0.25, 0.3) is 0 Å². The molecule has 3 atom stereocenters. The zero-order chi connectivity index (χ0) is 12.1. The smallest absolute Gasteiger partial charge is 0.0544 e. The highest BCUT2D eigenvalue weighted by atomic mass is 15.1. The van der Waals surface area contributed by atoms with Crippen LogP contribution in [0.1, 0.15) is 50.6 Å². The summed E-state index contributed by atoms with van der Waals surface area (Å²) in [6.07, 6.45) is 10.5. The van der Waals surface area contributed by atoms with Gasteiger partial charge in [0, 0.05) is 12.2 Å². The van der Waals surface area contributed by atoms with E-state index in [-0.39, 0.29) is 0 Å². The molecule has 2 rings (SSSR count). The lowest BCUT2D eigenvalue weighted by Crippen LogP contribution is -2.32. The van der Waals surface area contributed by atoms with Gasteiger partial charge in [0.1, 0.15) is 0 Å². The van der Waals surface area contributed by atoms with Crippen LogP contribution < -0.4 is 5.32 Å². The first-order valence-electron chi connectivity index (χ1n) is 6.80. The summed E-state index contributed by atoms with van der Waals surface area (Å²) in [6.45, 7) is 2.32. The minimum atomic E-state index is 0.441. The Morgan fingerprint density at radius 1 is 1.35 bits per heavy atom. The molecule has 0 saturated heterocycles. The van der Waals surface area contributed by atoms with Gasteiger partial charge < -0.3 is 5.32 Å². The van der Waals surface area contributed by atoms with Gasteiger partial charge in [-0.15, -0.1) is 0 Å². The molecule has 0 radical (unpaired) electrons. The van der Waals surface area contributed by atoms with Crippen molar-refractivity contribution < 1.29 is 0 Å². The average molecular weight is 233 g/mol. The van der Waals surface area contributed by atoms with E-state index in [0.29, 0.717) is 6.04 Å². The van der Waals surface area contributed by atoms with E-state index in [1.807, 2.05) is 6.20 Å². The lowest BCUT2D eigenvalue weighted by atomic mass is 9.72. The van der Waals surface area contributed by atoms with Crippen molar-refractivity contribution in [2.24, 2.45) is 11.8 Å². The molecular weight excluding hydrogens is 210 g/mol. The fraction of sp³-hybridized carbons (Fsp3) is 0.714. The number of rotatable bonds is 4. The Kier molecular flexibility index (Phi) is 4.49. The Bertz CT molecular complexity index is 325. The van der Waals surface area contributed by atoms with Gasteiger partial charge in [-0.05, 0) is 36.9 Å². The normalized spacial score (nSPS) is 26.7. The zero-order valence-corrected chi connectivity index (χ0v) is 10.9. The maximum absolute atomic E-state index is 4.01. The van der Waals surface area contributed by atoms with Crippen molar-refractivity contribution in [1.29, 1.82) is 0 Å². The monoisotopic (exact) mass is 233 g/mol. The Morgan fingerprint density at radius 2 is 2.18 bits per heavy atom. The van der Waals surface area contributed by atoms with Gasteiger partial charge in [-0.2, -0.15) is 10.2 Å².